The van der Waals surface area contributed by atoms with Crippen molar-refractivity contribution in [3.63, 3.8) is 0 Å². The van der Waals surface area contributed by atoms with E-state index in [9.17, 15) is 9.59 Å². The number of carbonyl (C=O) groups excluding carboxylic acids is 2. The molecule has 0 saturated carbocycles. The van der Waals surface area contributed by atoms with Crippen molar-refractivity contribution in [3.8, 4) is 0 Å². The third kappa shape index (κ3) is 5.81. The predicted octanol–water partition coefficient (Wildman–Crippen LogP) is 1.29. The topological polar surface area (TPSA) is 91.1 Å². The van der Waals surface area contributed by atoms with E-state index in [2.05, 4.69) is 0 Å². The molecule has 1 fully saturated rings. The molecule has 0 atom stereocenters. The van der Waals surface area contributed by atoms with Gasteiger partial charge in [-0.15, -0.1) is 0 Å². The maximum absolute atomic E-state index is 11.9. The number of rotatable bonds is 4. The van der Waals surface area contributed by atoms with E-state index < -0.39 is 28.9 Å². The zero-order chi connectivity index (χ0) is 17.2. The molecular weight excluding hydrogens is 288 g/mol. The molecule has 1 heterocycles. The molecule has 7 nitrogen and oxygen atoms in total. The molecule has 0 aliphatic carbocycles. The Kier molecular flexibility index (Phi) is 5.46. The molecule has 0 radical (unpaired) electrons. The summed E-state index contributed by atoms with van der Waals surface area (Å²) in [4.78, 5) is 25.1. The van der Waals surface area contributed by atoms with E-state index in [-0.39, 0.29) is 13.2 Å². The minimum absolute atomic E-state index is 0.184. The molecule has 0 bridgehead atoms. The van der Waals surface area contributed by atoms with Gasteiger partial charge >= 0.3 is 12.1 Å². The molecule has 1 amide bonds. The molecule has 0 aromatic carbocycles. The van der Waals surface area contributed by atoms with Crippen LogP contribution in [0.1, 0.15) is 41.5 Å². The molecule has 128 valence electrons. The van der Waals surface area contributed by atoms with Crippen molar-refractivity contribution in [2.75, 3.05) is 26.2 Å². The van der Waals surface area contributed by atoms with Gasteiger partial charge in [0.25, 0.3) is 0 Å². The summed E-state index contributed by atoms with van der Waals surface area (Å²) in [5.41, 5.74) is 3.91. The Hall–Kier alpha value is -1.34. The molecular formula is C15H28N2O5. The highest BCUT2D eigenvalue weighted by Crippen LogP contribution is 2.26. The number of carbonyl (C=O) groups is 2. The summed E-state index contributed by atoms with van der Waals surface area (Å²) in [6.45, 7) is 11.4. The lowest BCUT2D eigenvalue weighted by molar-refractivity contribution is -0.177. The molecule has 7 heteroatoms. The Labute approximate surface area is 132 Å². The summed E-state index contributed by atoms with van der Waals surface area (Å²) >= 11 is 0. The smallest absolute Gasteiger partial charge is 0.410 e. The van der Waals surface area contributed by atoms with Crippen LogP contribution in [0, 0.1) is 0 Å². The van der Waals surface area contributed by atoms with Crippen LogP contribution in [0.4, 0.5) is 4.79 Å². The van der Waals surface area contributed by atoms with Crippen LogP contribution < -0.4 is 5.73 Å². The molecule has 0 aromatic heterocycles. The average Bonchev–Trinajstić information content (AvgIpc) is 2.22. The van der Waals surface area contributed by atoms with Crippen molar-refractivity contribution in [1.29, 1.82) is 0 Å². The van der Waals surface area contributed by atoms with Gasteiger partial charge < -0.3 is 24.8 Å². The van der Waals surface area contributed by atoms with Gasteiger partial charge in [0.2, 0.25) is 0 Å². The first-order valence-corrected chi connectivity index (χ1v) is 7.40. The minimum Gasteiger partial charge on any atom is -0.458 e. The zero-order valence-corrected chi connectivity index (χ0v) is 14.4. The number of esters is 1. The standard InChI is InChI=1S/C15H28N2O5/c1-13(2,3)21-11(18)7-20-15(8-16)9-17(10-15)12(19)22-14(4,5)6/h7-10,16H2,1-6H3. The normalized spacial score (nSPS) is 17.7. The molecule has 0 spiro atoms. The number of ether oxygens (including phenoxy) is 3. The van der Waals surface area contributed by atoms with Crippen LogP contribution in [0.5, 0.6) is 0 Å². The van der Waals surface area contributed by atoms with Gasteiger partial charge in [-0.1, -0.05) is 0 Å². The van der Waals surface area contributed by atoms with Crippen molar-refractivity contribution in [3.05, 3.63) is 0 Å². The average molecular weight is 316 g/mol. The molecule has 0 aromatic rings. The van der Waals surface area contributed by atoms with Gasteiger partial charge in [0.1, 0.15) is 23.4 Å². The lowest BCUT2D eigenvalue weighted by Gasteiger charge is -2.48. The number of hydrogen-bond donors (Lipinski definition) is 1. The first-order valence-electron chi connectivity index (χ1n) is 7.40. The van der Waals surface area contributed by atoms with Gasteiger partial charge in [0, 0.05) is 6.54 Å². The van der Waals surface area contributed by atoms with Gasteiger partial charge in [-0.2, -0.15) is 0 Å². The second kappa shape index (κ2) is 6.42. The highest BCUT2D eigenvalue weighted by Gasteiger charge is 2.47. The molecule has 22 heavy (non-hydrogen) atoms. The van der Waals surface area contributed by atoms with Gasteiger partial charge in [-0.25, -0.2) is 9.59 Å². The fourth-order valence-electron chi connectivity index (χ4n) is 1.97. The third-order valence-electron chi connectivity index (χ3n) is 2.90. The SMILES string of the molecule is CC(C)(C)OC(=O)COC1(CN)CN(C(=O)OC(C)(C)C)C1. The van der Waals surface area contributed by atoms with Crippen molar-refractivity contribution in [1.82, 2.24) is 4.90 Å². The van der Waals surface area contributed by atoms with Crippen molar-refractivity contribution < 1.29 is 23.8 Å². The number of nitrogens with zero attached hydrogens (tertiary/aromatic N) is 1. The molecule has 1 aliphatic heterocycles. The van der Waals surface area contributed by atoms with Crippen LogP contribution in [0.3, 0.4) is 0 Å². The summed E-state index contributed by atoms with van der Waals surface area (Å²) in [6.07, 6.45) is -0.405. The number of hydrogen-bond acceptors (Lipinski definition) is 6. The van der Waals surface area contributed by atoms with Crippen molar-refractivity contribution in [2.24, 2.45) is 5.73 Å². The Bertz CT molecular complexity index is 411. The fourth-order valence-corrected chi connectivity index (χ4v) is 1.97. The Morgan fingerprint density at radius 2 is 1.55 bits per heavy atom. The van der Waals surface area contributed by atoms with Crippen LogP contribution >= 0.6 is 0 Å². The fraction of sp³-hybridized carbons (Fsp3) is 0.867. The Balaban J connectivity index is 2.44. The largest absolute Gasteiger partial charge is 0.458 e. The van der Waals surface area contributed by atoms with Crippen LogP contribution in [-0.4, -0.2) is 60.0 Å². The predicted molar refractivity (Wildman–Crippen MR) is 81.4 cm³/mol. The monoisotopic (exact) mass is 316 g/mol. The van der Waals surface area contributed by atoms with E-state index in [0.717, 1.165) is 0 Å². The van der Waals surface area contributed by atoms with Gasteiger partial charge in [0.15, 0.2) is 0 Å². The summed E-state index contributed by atoms with van der Waals surface area (Å²) < 4.78 is 16.0. The van der Waals surface area contributed by atoms with E-state index in [1.54, 1.807) is 41.5 Å². The summed E-state index contributed by atoms with van der Waals surface area (Å²) in [6, 6.07) is 0. The minimum atomic E-state index is -0.701. The van der Waals surface area contributed by atoms with Crippen molar-refractivity contribution in [2.45, 2.75) is 58.3 Å². The maximum Gasteiger partial charge on any atom is 0.410 e. The lowest BCUT2D eigenvalue weighted by Crippen LogP contribution is -2.68. The summed E-state index contributed by atoms with van der Waals surface area (Å²) in [5, 5.41) is 0. The summed E-state index contributed by atoms with van der Waals surface area (Å²) in [5.74, 6) is -0.448. The van der Waals surface area contributed by atoms with E-state index in [1.165, 1.54) is 4.90 Å². The number of amides is 1. The molecule has 1 rings (SSSR count). The first-order chi connectivity index (χ1) is 9.86. The highest BCUT2D eigenvalue weighted by molar-refractivity contribution is 5.72. The van der Waals surface area contributed by atoms with E-state index in [4.69, 9.17) is 19.9 Å². The number of likely N-dealkylation sites (tertiary alicyclic amines) is 1. The summed E-state index contributed by atoms with van der Waals surface area (Å²) in [7, 11) is 0. The Morgan fingerprint density at radius 3 is 1.95 bits per heavy atom. The van der Waals surface area contributed by atoms with Crippen LogP contribution in [-0.2, 0) is 19.0 Å². The maximum atomic E-state index is 11.9. The van der Waals surface area contributed by atoms with Crippen LogP contribution in [0.25, 0.3) is 0 Å². The molecule has 1 aliphatic rings. The number of nitrogens with two attached hydrogens (primary N) is 1. The third-order valence-corrected chi connectivity index (χ3v) is 2.90. The first kappa shape index (κ1) is 18.7. The van der Waals surface area contributed by atoms with E-state index in [1.807, 2.05) is 0 Å². The highest BCUT2D eigenvalue weighted by atomic mass is 16.6. The second-order valence-corrected chi connectivity index (χ2v) is 7.60. The molecule has 1 saturated heterocycles. The van der Waals surface area contributed by atoms with Gasteiger partial charge in [-0.05, 0) is 41.5 Å². The molecule has 0 unspecified atom stereocenters. The van der Waals surface area contributed by atoms with E-state index >= 15 is 0 Å². The van der Waals surface area contributed by atoms with Gasteiger partial charge in [0.05, 0.1) is 13.1 Å². The lowest BCUT2D eigenvalue weighted by atomic mass is 9.94. The van der Waals surface area contributed by atoms with Crippen LogP contribution in [0.15, 0.2) is 0 Å². The van der Waals surface area contributed by atoms with E-state index in [0.29, 0.717) is 13.1 Å². The Morgan fingerprint density at radius 1 is 1.05 bits per heavy atom. The van der Waals surface area contributed by atoms with Crippen molar-refractivity contribution >= 4 is 12.1 Å². The second-order valence-electron chi connectivity index (χ2n) is 7.60. The van der Waals surface area contributed by atoms with Crippen LogP contribution in [0.2, 0.25) is 0 Å². The molecule has 2 N–H and O–H groups in total. The quantitative estimate of drug-likeness (QED) is 0.786. The zero-order valence-electron chi connectivity index (χ0n) is 14.4. The van der Waals surface area contributed by atoms with Gasteiger partial charge in [-0.3, -0.25) is 0 Å².